The maximum absolute atomic E-state index is 13.5. The van der Waals surface area contributed by atoms with Crippen LogP contribution in [-0.2, 0) is 5.41 Å². The van der Waals surface area contributed by atoms with Crippen molar-refractivity contribution in [1.29, 1.82) is 0 Å². The second-order valence-corrected chi connectivity index (χ2v) is 10.2. The molecule has 6 nitrogen and oxygen atoms in total. The molecule has 0 aliphatic carbocycles. The van der Waals surface area contributed by atoms with E-state index in [2.05, 4.69) is 53.5 Å². The molecular formula is C30H31N3O3. The molecule has 4 aromatic rings. The third kappa shape index (κ3) is 4.02. The first-order valence-corrected chi connectivity index (χ1v) is 12.2. The first-order chi connectivity index (χ1) is 17.2. The third-order valence-electron chi connectivity index (χ3n) is 7.36. The van der Waals surface area contributed by atoms with E-state index in [1.54, 1.807) is 22.6 Å². The van der Waals surface area contributed by atoms with Gasteiger partial charge >= 0.3 is 5.97 Å². The maximum Gasteiger partial charge on any atom is 0.337 e. The lowest BCUT2D eigenvalue weighted by molar-refractivity contribution is 0.0698. The molecule has 1 saturated heterocycles. The molecule has 3 heterocycles. The summed E-state index contributed by atoms with van der Waals surface area (Å²) >= 11 is 0. The Hall–Kier alpha value is -4.06. The van der Waals surface area contributed by atoms with Gasteiger partial charge in [-0.1, -0.05) is 55.5 Å². The Morgan fingerprint density at radius 3 is 2.39 bits per heavy atom. The van der Waals surface area contributed by atoms with Crippen LogP contribution in [0.1, 0.15) is 52.5 Å². The summed E-state index contributed by atoms with van der Waals surface area (Å²) in [5.41, 5.74) is 6.52. The molecule has 0 amide bonds. The van der Waals surface area contributed by atoms with Gasteiger partial charge in [0.05, 0.1) is 17.1 Å². The number of carboxylic acids is 1. The fraction of sp³-hybridized carbons (Fsp3) is 0.267. The molecule has 1 fully saturated rings. The highest BCUT2D eigenvalue weighted by Crippen LogP contribution is 2.39. The minimum Gasteiger partial charge on any atom is -0.478 e. The van der Waals surface area contributed by atoms with Gasteiger partial charge in [-0.2, -0.15) is 0 Å². The summed E-state index contributed by atoms with van der Waals surface area (Å²) in [5, 5.41) is 13.0. The molecule has 0 bridgehead atoms. The highest BCUT2D eigenvalue weighted by Gasteiger charge is 2.41. The summed E-state index contributed by atoms with van der Waals surface area (Å²) in [6, 6.07) is 21.4. The number of pyridine rings is 2. The van der Waals surface area contributed by atoms with Crippen LogP contribution in [0.15, 0.2) is 77.7 Å². The number of nitrogens with zero attached hydrogens (tertiary/aromatic N) is 2. The Morgan fingerprint density at radius 2 is 1.69 bits per heavy atom. The highest BCUT2D eigenvalue weighted by molar-refractivity contribution is 5.94. The zero-order valence-electron chi connectivity index (χ0n) is 21.1. The average molecular weight is 482 g/mol. The summed E-state index contributed by atoms with van der Waals surface area (Å²) in [6.45, 7) is 9.81. The lowest BCUT2D eigenvalue weighted by atomic mass is 9.75. The Labute approximate surface area is 210 Å². The van der Waals surface area contributed by atoms with Crippen molar-refractivity contribution in [2.24, 2.45) is 0 Å². The number of hydrogen-bond donors (Lipinski definition) is 2. The SMILES string of the molecule is Cc1cc([C@@H](C)Nc2ccccc2C(=O)O)c2cc(N3CC(C)(c4ccccc4)C3)c(C)c(=O)n2c1. The summed E-state index contributed by atoms with van der Waals surface area (Å²) in [4.78, 5) is 27.5. The van der Waals surface area contributed by atoms with Gasteiger partial charge in [-0.15, -0.1) is 0 Å². The number of aromatic carboxylic acids is 1. The van der Waals surface area contributed by atoms with Gasteiger partial charge in [0.2, 0.25) is 0 Å². The second kappa shape index (κ2) is 8.86. The number of rotatable bonds is 6. The third-order valence-corrected chi connectivity index (χ3v) is 7.36. The van der Waals surface area contributed by atoms with Crippen LogP contribution in [0.3, 0.4) is 0 Å². The molecule has 1 aliphatic rings. The van der Waals surface area contributed by atoms with Crippen molar-refractivity contribution in [3.05, 3.63) is 111 Å². The smallest absolute Gasteiger partial charge is 0.337 e. The second-order valence-electron chi connectivity index (χ2n) is 10.2. The van der Waals surface area contributed by atoms with Crippen molar-refractivity contribution in [2.75, 3.05) is 23.3 Å². The monoisotopic (exact) mass is 481 g/mol. The molecule has 2 aromatic heterocycles. The molecule has 2 aromatic carbocycles. The molecule has 2 N–H and O–H groups in total. The topological polar surface area (TPSA) is 74.0 Å². The summed E-state index contributed by atoms with van der Waals surface area (Å²) in [5.74, 6) is -0.979. The largest absolute Gasteiger partial charge is 0.478 e. The number of aryl methyl sites for hydroxylation is 1. The summed E-state index contributed by atoms with van der Waals surface area (Å²) < 4.78 is 1.72. The predicted octanol–water partition coefficient (Wildman–Crippen LogP) is 5.57. The first kappa shape index (κ1) is 23.7. The van der Waals surface area contributed by atoms with E-state index in [1.807, 2.05) is 39.1 Å². The molecule has 184 valence electrons. The lowest BCUT2D eigenvalue weighted by Crippen LogP contribution is -2.58. The fourth-order valence-corrected chi connectivity index (χ4v) is 5.39. The zero-order valence-corrected chi connectivity index (χ0v) is 21.1. The van der Waals surface area contributed by atoms with Crippen LogP contribution in [0.25, 0.3) is 5.52 Å². The molecule has 0 unspecified atom stereocenters. The van der Waals surface area contributed by atoms with Gasteiger partial charge in [0, 0.05) is 41.6 Å². The van der Waals surface area contributed by atoms with Crippen LogP contribution in [-0.4, -0.2) is 28.6 Å². The molecule has 0 spiro atoms. The molecule has 0 saturated carbocycles. The number of benzene rings is 2. The Kier molecular flexibility index (Phi) is 5.83. The molecular weight excluding hydrogens is 450 g/mol. The van der Waals surface area contributed by atoms with Crippen molar-refractivity contribution in [3.8, 4) is 0 Å². The van der Waals surface area contributed by atoms with Gasteiger partial charge in [0.15, 0.2) is 0 Å². The van der Waals surface area contributed by atoms with Crippen LogP contribution in [0.4, 0.5) is 11.4 Å². The van der Waals surface area contributed by atoms with E-state index in [0.717, 1.165) is 41.0 Å². The van der Waals surface area contributed by atoms with Crippen LogP contribution in [0, 0.1) is 13.8 Å². The number of anilines is 2. The molecule has 5 rings (SSSR count). The predicted molar refractivity (Wildman–Crippen MR) is 145 cm³/mol. The Balaban J connectivity index is 1.54. The van der Waals surface area contributed by atoms with E-state index in [9.17, 15) is 14.7 Å². The van der Waals surface area contributed by atoms with Gasteiger partial charge in [0.1, 0.15) is 0 Å². The molecule has 1 aliphatic heterocycles. The Morgan fingerprint density at radius 1 is 1.03 bits per heavy atom. The van der Waals surface area contributed by atoms with E-state index < -0.39 is 5.97 Å². The number of carbonyl (C=O) groups is 1. The van der Waals surface area contributed by atoms with E-state index >= 15 is 0 Å². The highest BCUT2D eigenvalue weighted by atomic mass is 16.4. The number of aromatic nitrogens is 1. The molecule has 36 heavy (non-hydrogen) atoms. The van der Waals surface area contributed by atoms with Crippen LogP contribution in [0.2, 0.25) is 0 Å². The minimum absolute atomic E-state index is 0.0288. The van der Waals surface area contributed by atoms with Gasteiger partial charge in [-0.3, -0.25) is 9.20 Å². The standard InChI is InChI=1S/C30H31N3O3/c1-19-14-24(21(3)31-25-13-9-8-12-23(25)29(35)36)27-15-26(20(2)28(34)33(27)16-19)32-17-30(4,18-32)22-10-6-5-7-11-22/h5-16,21,31H,17-18H2,1-4H3,(H,35,36)/t21-/m1/s1. The van der Waals surface area contributed by atoms with Crippen molar-refractivity contribution < 1.29 is 9.90 Å². The number of nitrogens with one attached hydrogen (secondary N) is 1. The minimum atomic E-state index is -0.979. The number of fused-ring (bicyclic) bond motifs is 1. The first-order valence-electron chi connectivity index (χ1n) is 12.2. The van der Waals surface area contributed by atoms with Gasteiger partial charge in [-0.25, -0.2) is 4.79 Å². The Bertz CT molecular complexity index is 1520. The van der Waals surface area contributed by atoms with Crippen molar-refractivity contribution in [1.82, 2.24) is 4.40 Å². The number of hydrogen-bond acceptors (Lipinski definition) is 4. The van der Waals surface area contributed by atoms with Crippen LogP contribution >= 0.6 is 0 Å². The average Bonchev–Trinajstić information content (AvgIpc) is 2.85. The fourth-order valence-electron chi connectivity index (χ4n) is 5.39. The van der Waals surface area contributed by atoms with Crippen molar-refractivity contribution in [3.63, 3.8) is 0 Å². The number of para-hydroxylation sites is 1. The van der Waals surface area contributed by atoms with Crippen molar-refractivity contribution >= 4 is 22.9 Å². The quantitative estimate of drug-likeness (QED) is 0.377. The number of carboxylic acid groups (broad SMARTS) is 1. The van der Waals surface area contributed by atoms with E-state index in [4.69, 9.17) is 0 Å². The van der Waals surface area contributed by atoms with Gasteiger partial charge in [0.25, 0.3) is 5.56 Å². The van der Waals surface area contributed by atoms with Crippen LogP contribution in [0.5, 0.6) is 0 Å². The molecule has 6 heteroatoms. The summed E-state index contributed by atoms with van der Waals surface area (Å²) in [6.07, 6.45) is 1.88. The normalized spacial score (nSPS) is 15.4. The van der Waals surface area contributed by atoms with Gasteiger partial charge in [-0.05, 0) is 55.7 Å². The summed E-state index contributed by atoms with van der Waals surface area (Å²) in [7, 11) is 0. The molecule has 0 radical (unpaired) electrons. The van der Waals surface area contributed by atoms with Gasteiger partial charge < -0.3 is 15.3 Å². The lowest BCUT2D eigenvalue weighted by Gasteiger charge is -2.50. The van der Waals surface area contributed by atoms with E-state index in [0.29, 0.717) is 5.69 Å². The van der Waals surface area contributed by atoms with E-state index in [1.165, 1.54) is 5.56 Å². The maximum atomic E-state index is 13.5. The molecule has 1 atom stereocenters. The van der Waals surface area contributed by atoms with Crippen LogP contribution < -0.4 is 15.8 Å². The van der Waals surface area contributed by atoms with Crippen molar-refractivity contribution in [2.45, 2.75) is 39.2 Å². The zero-order chi connectivity index (χ0) is 25.6. The van der Waals surface area contributed by atoms with E-state index in [-0.39, 0.29) is 22.6 Å².